The SMILES string of the molecule is Nc1cccc(C(=O)NC2CCOc3ccccc32)c1Br. The number of hydrogen-bond acceptors (Lipinski definition) is 3. The second-order valence-electron chi connectivity index (χ2n) is 4.91. The summed E-state index contributed by atoms with van der Waals surface area (Å²) in [5.41, 5.74) is 7.92. The number of para-hydroxylation sites is 1. The van der Waals surface area contributed by atoms with Gasteiger partial charge in [-0.15, -0.1) is 0 Å². The molecule has 2 aromatic rings. The van der Waals surface area contributed by atoms with Gasteiger partial charge in [-0.3, -0.25) is 4.79 Å². The predicted octanol–water partition coefficient (Wildman–Crippen LogP) is 3.28. The minimum atomic E-state index is -0.143. The number of carbonyl (C=O) groups is 1. The van der Waals surface area contributed by atoms with E-state index in [0.29, 0.717) is 22.3 Å². The Hall–Kier alpha value is -2.01. The summed E-state index contributed by atoms with van der Waals surface area (Å²) < 4.78 is 6.23. The van der Waals surface area contributed by atoms with Crippen molar-refractivity contribution in [3.63, 3.8) is 0 Å². The highest BCUT2D eigenvalue weighted by Crippen LogP contribution is 2.32. The van der Waals surface area contributed by atoms with Crippen LogP contribution >= 0.6 is 15.9 Å². The van der Waals surface area contributed by atoms with Gasteiger partial charge in [0.25, 0.3) is 5.91 Å². The predicted molar refractivity (Wildman–Crippen MR) is 85.3 cm³/mol. The average molecular weight is 347 g/mol. The van der Waals surface area contributed by atoms with Crippen LogP contribution in [0.4, 0.5) is 5.69 Å². The number of nitrogens with two attached hydrogens (primary N) is 1. The fourth-order valence-corrected chi connectivity index (χ4v) is 2.90. The van der Waals surface area contributed by atoms with Gasteiger partial charge >= 0.3 is 0 Å². The Balaban J connectivity index is 1.85. The summed E-state index contributed by atoms with van der Waals surface area (Å²) in [6, 6.07) is 13.0. The van der Waals surface area contributed by atoms with E-state index in [1.165, 1.54) is 0 Å². The molecular formula is C16H15BrN2O2. The van der Waals surface area contributed by atoms with E-state index in [2.05, 4.69) is 21.2 Å². The Morgan fingerprint density at radius 1 is 1.24 bits per heavy atom. The van der Waals surface area contributed by atoms with Crippen LogP contribution < -0.4 is 15.8 Å². The highest BCUT2D eigenvalue weighted by molar-refractivity contribution is 9.10. The van der Waals surface area contributed by atoms with Gasteiger partial charge < -0.3 is 15.8 Å². The first kappa shape index (κ1) is 13.9. The van der Waals surface area contributed by atoms with E-state index in [1.54, 1.807) is 18.2 Å². The normalized spacial score (nSPS) is 16.7. The van der Waals surface area contributed by atoms with E-state index in [-0.39, 0.29) is 11.9 Å². The van der Waals surface area contributed by atoms with Gasteiger partial charge in [-0.2, -0.15) is 0 Å². The van der Waals surface area contributed by atoms with Crippen LogP contribution in [0.2, 0.25) is 0 Å². The number of nitrogens with one attached hydrogen (secondary N) is 1. The van der Waals surface area contributed by atoms with Crippen LogP contribution in [-0.4, -0.2) is 12.5 Å². The van der Waals surface area contributed by atoms with Crippen LogP contribution in [0.5, 0.6) is 5.75 Å². The van der Waals surface area contributed by atoms with Crippen LogP contribution in [0.3, 0.4) is 0 Å². The highest BCUT2D eigenvalue weighted by atomic mass is 79.9. The van der Waals surface area contributed by atoms with E-state index in [1.807, 2.05) is 24.3 Å². The van der Waals surface area contributed by atoms with Crippen molar-refractivity contribution in [3.05, 3.63) is 58.1 Å². The molecule has 21 heavy (non-hydrogen) atoms. The molecule has 0 radical (unpaired) electrons. The van der Waals surface area contributed by atoms with Crippen LogP contribution in [0.15, 0.2) is 46.9 Å². The summed E-state index contributed by atoms with van der Waals surface area (Å²) in [6.45, 7) is 0.597. The van der Waals surface area contributed by atoms with Crippen molar-refractivity contribution in [2.24, 2.45) is 0 Å². The molecule has 0 saturated carbocycles. The van der Waals surface area contributed by atoms with Gasteiger partial charge in [0.2, 0.25) is 0 Å². The van der Waals surface area contributed by atoms with Gasteiger partial charge in [-0.25, -0.2) is 0 Å². The van der Waals surface area contributed by atoms with Crippen molar-refractivity contribution >= 4 is 27.5 Å². The standard InChI is InChI=1S/C16H15BrN2O2/c17-15-11(5-3-6-12(15)18)16(20)19-13-8-9-21-14-7-2-1-4-10(13)14/h1-7,13H,8-9,18H2,(H,19,20). The minimum Gasteiger partial charge on any atom is -0.493 e. The second-order valence-corrected chi connectivity index (χ2v) is 5.70. The number of anilines is 1. The number of fused-ring (bicyclic) bond motifs is 1. The Kier molecular flexibility index (Phi) is 3.84. The molecule has 2 aromatic carbocycles. The number of hydrogen-bond donors (Lipinski definition) is 2. The third-order valence-electron chi connectivity index (χ3n) is 3.54. The molecule has 0 fully saturated rings. The Bertz CT molecular complexity index is 688. The van der Waals surface area contributed by atoms with Gasteiger partial charge in [0.05, 0.1) is 22.7 Å². The number of halogens is 1. The lowest BCUT2D eigenvalue weighted by atomic mass is 10.00. The molecule has 5 heteroatoms. The molecule has 0 bridgehead atoms. The van der Waals surface area contributed by atoms with Gasteiger partial charge in [0.1, 0.15) is 5.75 Å². The zero-order chi connectivity index (χ0) is 14.8. The monoisotopic (exact) mass is 346 g/mol. The van der Waals surface area contributed by atoms with Crippen LogP contribution in [0.1, 0.15) is 28.4 Å². The lowest BCUT2D eigenvalue weighted by molar-refractivity contribution is 0.0924. The summed E-state index contributed by atoms with van der Waals surface area (Å²) in [6.07, 6.45) is 0.753. The van der Waals surface area contributed by atoms with Crippen LogP contribution in [0.25, 0.3) is 0 Å². The lowest BCUT2D eigenvalue weighted by Crippen LogP contribution is -2.32. The Morgan fingerprint density at radius 3 is 2.90 bits per heavy atom. The molecule has 0 aromatic heterocycles. The van der Waals surface area contributed by atoms with Crippen molar-refractivity contribution in [3.8, 4) is 5.75 Å². The largest absolute Gasteiger partial charge is 0.493 e. The molecule has 0 aliphatic carbocycles. The van der Waals surface area contributed by atoms with Gasteiger partial charge in [-0.05, 0) is 34.1 Å². The summed E-state index contributed by atoms with van der Waals surface area (Å²) in [5, 5.41) is 3.05. The van der Waals surface area contributed by atoms with Crippen molar-refractivity contribution in [1.29, 1.82) is 0 Å². The van der Waals surface area contributed by atoms with E-state index >= 15 is 0 Å². The lowest BCUT2D eigenvalue weighted by Gasteiger charge is -2.26. The van der Waals surface area contributed by atoms with Gasteiger partial charge in [0, 0.05) is 17.7 Å². The molecule has 4 nitrogen and oxygen atoms in total. The van der Waals surface area contributed by atoms with Crippen LogP contribution in [-0.2, 0) is 0 Å². The van der Waals surface area contributed by atoms with Crippen molar-refractivity contribution in [1.82, 2.24) is 5.32 Å². The molecular weight excluding hydrogens is 332 g/mol. The number of ether oxygens (including phenoxy) is 1. The molecule has 1 amide bonds. The van der Waals surface area contributed by atoms with Gasteiger partial charge in [-0.1, -0.05) is 24.3 Å². The van der Waals surface area contributed by atoms with E-state index in [0.717, 1.165) is 17.7 Å². The number of nitrogen functional groups attached to an aromatic ring is 1. The van der Waals surface area contributed by atoms with Crippen molar-refractivity contribution < 1.29 is 9.53 Å². The molecule has 3 rings (SSSR count). The average Bonchev–Trinajstić information content (AvgIpc) is 2.50. The number of rotatable bonds is 2. The molecule has 108 valence electrons. The van der Waals surface area contributed by atoms with Crippen molar-refractivity contribution in [2.45, 2.75) is 12.5 Å². The first-order valence-corrected chi connectivity index (χ1v) is 7.52. The first-order valence-electron chi connectivity index (χ1n) is 6.73. The fourth-order valence-electron chi connectivity index (χ4n) is 2.45. The maximum Gasteiger partial charge on any atom is 0.252 e. The van der Waals surface area contributed by atoms with E-state index in [9.17, 15) is 4.79 Å². The second kappa shape index (κ2) is 5.77. The number of carbonyl (C=O) groups excluding carboxylic acids is 1. The molecule has 1 atom stereocenters. The summed E-state index contributed by atoms with van der Waals surface area (Å²) in [4.78, 5) is 12.5. The molecule has 1 unspecified atom stereocenters. The van der Waals surface area contributed by atoms with E-state index in [4.69, 9.17) is 10.5 Å². The zero-order valence-corrected chi connectivity index (χ0v) is 12.9. The number of amides is 1. The highest BCUT2D eigenvalue weighted by Gasteiger charge is 2.23. The maximum absolute atomic E-state index is 12.5. The van der Waals surface area contributed by atoms with Crippen molar-refractivity contribution in [2.75, 3.05) is 12.3 Å². The van der Waals surface area contributed by atoms with Crippen LogP contribution in [0, 0.1) is 0 Å². The topological polar surface area (TPSA) is 64.4 Å². The first-order chi connectivity index (χ1) is 10.2. The molecule has 0 spiro atoms. The molecule has 0 saturated heterocycles. The Labute approximate surface area is 131 Å². The minimum absolute atomic E-state index is 0.0456. The molecule has 1 aliphatic heterocycles. The third kappa shape index (κ3) is 2.74. The molecule has 1 heterocycles. The summed E-state index contributed by atoms with van der Waals surface area (Å²) in [7, 11) is 0. The molecule has 3 N–H and O–H groups in total. The fraction of sp³-hybridized carbons (Fsp3) is 0.188. The Morgan fingerprint density at radius 2 is 2.05 bits per heavy atom. The zero-order valence-electron chi connectivity index (χ0n) is 11.3. The summed E-state index contributed by atoms with van der Waals surface area (Å²) >= 11 is 3.37. The van der Waals surface area contributed by atoms with Gasteiger partial charge in [0.15, 0.2) is 0 Å². The quantitative estimate of drug-likeness (QED) is 0.820. The number of benzene rings is 2. The summed E-state index contributed by atoms with van der Waals surface area (Å²) in [5.74, 6) is 0.691. The smallest absolute Gasteiger partial charge is 0.252 e. The molecule has 1 aliphatic rings. The third-order valence-corrected chi connectivity index (χ3v) is 4.42. The van der Waals surface area contributed by atoms with E-state index < -0.39 is 0 Å². The maximum atomic E-state index is 12.5.